The van der Waals surface area contributed by atoms with E-state index in [2.05, 4.69) is 28.9 Å². The average molecular weight is 251 g/mol. The minimum absolute atomic E-state index is 0.203. The molecule has 1 aromatic heterocycles. The van der Waals surface area contributed by atoms with E-state index >= 15 is 0 Å². The molecule has 0 aliphatic carbocycles. The first-order valence-electron chi connectivity index (χ1n) is 6.22. The molecule has 0 radical (unpaired) electrons. The summed E-state index contributed by atoms with van der Waals surface area (Å²) in [5.74, 6) is 2.30. The molecule has 1 aromatic rings. The first-order chi connectivity index (χ1) is 8.15. The fourth-order valence-corrected chi connectivity index (χ4v) is 3.14. The van der Waals surface area contributed by atoms with Gasteiger partial charge in [0.25, 0.3) is 0 Å². The van der Waals surface area contributed by atoms with E-state index in [4.69, 9.17) is 5.73 Å². The highest BCUT2D eigenvalue weighted by Crippen LogP contribution is 2.22. The van der Waals surface area contributed by atoms with Crippen LogP contribution in [0.5, 0.6) is 0 Å². The van der Waals surface area contributed by atoms with Gasteiger partial charge in [-0.25, -0.2) is 4.98 Å². The van der Waals surface area contributed by atoms with Gasteiger partial charge in [0.15, 0.2) is 0 Å². The molecule has 0 bridgehead atoms. The Morgan fingerprint density at radius 1 is 1.59 bits per heavy atom. The molecule has 1 fully saturated rings. The summed E-state index contributed by atoms with van der Waals surface area (Å²) in [5, 5.41) is 0.703. The van der Waals surface area contributed by atoms with Crippen molar-refractivity contribution in [2.45, 2.75) is 31.6 Å². The molecule has 1 saturated heterocycles. The second-order valence-corrected chi connectivity index (χ2v) is 6.38. The van der Waals surface area contributed by atoms with E-state index < -0.39 is 0 Å². The molecule has 2 N–H and O–H groups in total. The van der Waals surface area contributed by atoms with Gasteiger partial charge in [0.1, 0.15) is 5.82 Å². The predicted molar refractivity (Wildman–Crippen MR) is 75.7 cm³/mol. The van der Waals surface area contributed by atoms with Gasteiger partial charge >= 0.3 is 0 Å². The highest BCUT2D eigenvalue weighted by atomic mass is 32.2. The second kappa shape index (κ2) is 5.74. The number of anilines is 1. The van der Waals surface area contributed by atoms with Crippen molar-refractivity contribution in [3.63, 3.8) is 0 Å². The number of pyridine rings is 1. The lowest BCUT2D eigenvalue weighted by Gasteiger charge is -2.31. The molecule has 0 spiro atoms. The van der Waals surface area contributed by atoms with Gasteiger partial charge in [0.05, 0.1) is 0 Å². The Morgan fingerprint density at radius 3 is 3.00 bits per heavy atom. The Bertz CT molecular complexity index is 350. The third-order valence-electron chi connectivity index (χ3n) is 2.93. The van der Waals surface area contributed by atoms with Crippen molar-refractivity contribution in [3.8, 4) is 0 Å². The van der Waals surface area contributed by atoms with Gasteiger partial charge in [-0.3, -0.25) is 0 Å². The van der Waals surface area contributed by atoms with E-state index in [1.165, 1.54) is 11.3 Å². The number of thioether (sulfide) groups is 1. The molecule has 1 aliphatic rings. The van der Waals surface area contributed by atoms with Gasteiger partial charge in [-0.1, -0.05) is 13.0 Å². The molecule has 2 unspecified atom stereocenters. The van der Waals surface area contributed by atoms with E-state index in [0.29, 0.717) is 5.25 Å². The minimum atomic E-state index is 0.203. The Kier molecular flexibility index (Phi) is 4.29. The van der Waals surface area contributed by atoms with Crippen LogP contribution in [0.2, 0.25) is 0 Å². The van der Waals surface area contributed by atoms with E-state index in [0.717, 1.165) is 25.3 Å². The van der Waals surface area contributed by atoms with Crippen LogP contribution in [0.4, 0.5) is 5.82 Å². The van der Waals surface area contributed by atoms with Gasteiger partial charge in [-0.15, -0.1) is 0 Å². The average Bonchev–Trinajstić information content (AvgIpc) is 2.29. The Morgan fingerprint density at radius 2 is 2.41 bits per heavy atom. The van der Waals surface area contributed by atoms with Crippen LogP contribution >= 0.6 is 11.8 Å². The maximum atomic E-state index is 5.78. The van der Waals surface area contributed by atoms with Crippen molar-refractivity contribution >= 4 is 17.6 Å². The standard InChI is InChI=1S/C13H21N3S/c1-10(14)7-12-3-4-13(15-8-12)16-5-6-17-11(2)9-16/h3-4,8,10-11H,5-7,9,14H2,1-2H3. The Balaban J connectivity index is 2.01. The van der Waals surface area contributed by atoms with Gasteiger partial charge in [-0.2, -0.15) is 11.8 Å². The van der Waals surface area contributed by atoms with Crippen molar-refractivity contribution in [1.82, 2.24) is 4.98 Å². The molecule has 3 nitrogen and oxygen atoms in total. The highest BCUT2D eigenvalue weighted by molar-refractivity contribution is 8.00. The van der Waals surface area contributed by atoms with Gasteiger partial charge in [0, 0.05) is 36.3 Å². The van der Waals surface area contributed by atoms with Crippen molar-refractivity contribution in [2.24, 2.45) is 5.73 Å². The quantitative estimate of drug-likeness (QED) is 0.891. The van der Waals surface area contributed by atoms with Gasteiger partial charge in [-0.05, 0) is 25.0 Å². The summed E-state index contributed by atoms with van der Waals surface area (Å²) in [6.07, 6.45) is 2.87. The fraction of sp³-hybridized carbons (Fsp3) is 0.615. The van der Waals surface area contributed by atoms with Crippen LogP contribution in [0, 0.1) is 0 Å². The molecule has 0 aromatic carbocycles. The summed E-state index contributed by atoms with van der Waals surface area (Å²) in [5.41, 5.74) is 7.01. The van der Waals surface area contributed by atoms with Crippen molar-refractivity contribution < 1.29 is 0 Å². The van der Waals surface area contributed by atoms with Crippen LogP contribution in [0.25, 0.3) is 0 Å². The maximum Gasteiger partial charge on any atom is 0.128 e. The van der Waals surface area contributed by atoms with E-state index in [1.54, 1.807) is 0 Å². The largest absolute Gasteiger partial charge is 0.355 e. The van der Waals surface area contributed by atoms with Crippen LogP contribution in [0.3, 0.4) is 0 Å². The topological polar surface area (TPSA) is 42.1 Å². The number of nitrogens with two attached hydrogens (primary N) is 1. The summed E-state index contributed by atoms with van der Waals surface area (Å²) in [6.45, 7) is 6.51. The van der Waals surface area contributed by atoms with Crippen LogP contribution in [-0.4, -0.2) is 35.1 Å². The van der Waals surface area contributed by atoms with E-state index in [-0.39, 0.29) is 6.04 Å². The first-order valence-corrected chi connectivity index (χ1v) is 7.27. The summed E-state index contributed by atoms with van der Waals surface area (Å²) in [6, 6.07) is 4.48. The lowest BCUT2D eigenvalue weighted by Crippen LogP contribution is -2.37. The van der Waals surface area contributed by atoms with Gasteiger partial charge in [0.2, 0.25) is 0 Å². The molecule has 1 aliphatic heterocycles. The highest BCUT2D eigenvalue weighted by Gasteiger charge is 2.17. The monoisotopic (exact) mass is 251 g/mol. The van der Waals surface area contributed by atoms with Crippen LogP contribution < -0.4 is 10.6 Å². The van der Waals surface area contributed by atoms with Crippen LogP contribution in [0.15, 0.2) is 18.3 Å². The van der Waals surface area contributed by atoms with Crippen LogP contribution in [0.1, 0.15) is 19.4 Å². The van der Waals surface area contributed by atoms with Crippen molar-refractivity contribution in [2.75, 3.05) is 23.7 Å². The zero-order valence-corrected chi connectivity index (χ0v) is 11.4. The smallest absolute Gasteiger partial charge is 0.128 e. The van der Waals surface area contributed by atoms with E-state index in [9.17, 15) is 0 Å². The van der Waals surface area contributed by atoms with Crippen molar-refractivity contribution in [3.05, 3.63) is 23.9 Å². The number of hydrogen-bond donors (Lipinski definition) is 1. The van der Waals surface area contributed by atoms with E-state index in [1.807, 2.05) is 24.9 Å². The fourth-order valence-electron chi connectivity index (χ4n) is 2.12. The van der Waals surface area contributed by atoms with Crippen LogP contribution in [-0.2, 0) is 6.42 Å². The number of nitrogens with zero attached hydrogens (tertiary/aromatic N) is 2. The minimum Gasteiger partial charge on any atom is -0.355 e. The third-order valence-corrected chi connectivity index (χ3v) is 4.07. The summed E-state index contributed by atoms with van der Waals surface area (Å²) >= 11 is 2.04. The summed E-state index contributed by atoms with van der Waals surface area (Å²) < 4.78 is 0. The van der Waals surface area contributed by atoms with Gasteiger partial charge < -0.3 is 10.6 Å². The molecule has 4 heteroatoms. The molecule has 94 valence electrons. The third kappa shape index (κ3) is 3.61. The molecule has 2 rings (SSSR count). The normalized spacial score (nSPS) is 22.5. The van der Waals surface area contributed by atoms with Crippen molar-refractivity contribution in [1.29, 1.82) is 0 Å². The molecular formula is C13H21N3S. The SMILES string of the molecule is CC(N)Cc1ccc(N2CCSC(C)C2)nc1. The lowest BCUT2D eigenvalue weighted by molar-refractivity contribution is 0.732. The number of rotatable bonds is 3. The molecule has 2 atom stereocenters. The zero-order valence-electron chi connectivity index (χ0n) is 10.6. The molecule has 2 heterocycles. The lowest BCUT2D eigenvalue weighted by atomic mass is 10.1. The maximum absolute atomic E-state index is 5.78. The second-order valence-electron chi connectivity index (χ2n) is 4.83. The molecular weight excluding hydrogens is 230 g/mol. The number of hydrogen-bond acceptors (Lipinski definition) is 4. The first kappa shape index (κ1) is 12.7. The Labute approximate surface area is 108 Å². The molecule has 17 heavy (non-hydrogen) atoms. The Hall–Kier alpha value is -0.740. The number of aromatic nitrogens is 1. The predicted octanol–water partition coefficient (Wildman–Crippen LogP) is 1.91. The zero-order chi connectivity index (χ0) is 12.3. The summed E-state index contributed by atoms with van der Waals surface area (Å²) in [7, 11) is 0. The molecule has 0 saturated carbocycles. The summed E-state index contributed by atoms with van der Waals surface area (Å²) in [4.78, 5) is 6.92. The molecule has 0 amide bonds.